The van der Waals surface area contributed by atoms with Crippen LogP contribution in [0.2, 0.25) is 0 Å². The predicted octanol–water partition coefficient (Wildman–Crippen LogP) is 3.07. The zero-order valence-corrected chi connectivity index (χ0v) is 12.4. The number of carboxylic acids is 1. The van der Waals surface area contributed by atoms with Crippen molar-refractivity contribution in [1.29, 1.82) is 0 Å². The molecule has 2 unspecified atom stereocenters. The van der Waals surface area contributed by atoms with E-state index in [-0.39, 0.29) is 5.92 Å². The van der Waals surface area contributed by atoms with Gasteiger partial charge in [-0.25, -0.2) is 9.59 Å². The average molecular weight is 329 g/mol. The molecule has 1 aromatic rings. The Balaban J connectivity index is 2.68. The molecular formula is C13H17BrN2O3. The first-order valence-corrected chi connectivity index (χ1v) is 6.79. The van der Waals surface area contributed by atoms with E-state index in [0.717, 1.165) is 4.47 Å². The molecule has 2 atom stereocenters. The van der Waals surface area contributed by atoms with E-state index in [2.05, 4.69) is 26.6 Å². The van der Waals surface area contributed by atoms with Crippen molar-refractivity contribution < 1.29 is 14.7 Å². The quantitative estimate of drug-likeness (QED) is 0.777. The first-order valence-electron chi connectivity index (χ1n) is 6.00. The fourth-order valence-electron chi connectivity index (χ4n) is 1.55. The number of nitrogens with one attached hydrogen (secondary N) is 2. The highest BCUT2D eigenvalue weighted by molar-refractivity contribution is 9.10. The molecule has 0 aromatic heterocycles. The van der Waals surface area contributed by atoms with Gasteiger partial charge in [0.2, 0.25) is 0 Å². The van der Waals surface area contributed by atoms with E-state index in [4.69, 9.17) is 5.11 Å². The SMILES string of the molecule is CCC(C)C(NC(=O)Nc1ccccc1Br)C(=O)O. The summed E-state index contributed by atoms with van der Waals surface area (Å²) < 4.78 is 0.737. The third kappa shape index (κ3) is 4.55. The summed E-state index contributed by atoms with van der Waals surface area (Å²) in [5.41, 5.74) is 0.591. The Hall–Kier alpha value is -1.56. The third-order valence-corrected chi connectivity index (χ3v) is 3.58. The number of carboxylic acid groups (broad SMARTS) is 1. The van der Waals surface area contributed by atoms with Gasteiger partial charge in [-0.15, -0.1) is 0 Å². The monoisotopic (exact) mass is 328 g/mol. The number of benzene rings is 1. The molecule has 0 aliphatic carbocycles. The fraction of sp³-hybridized carbons (Fsp3) is 0.385. The van der Waals surface area contributed by atoms with Gasteiger partial charge in [-0.2, -0.15) is 0 Å². The zero-order chi connectivity index (χ0) is 14.4. The number of aliphatic carboxylic acids is 1. The molecule has 0 aliphatic rings. The molecule has 0 radical (unpaired) electrons. The van der Waals surface area contributed by atoms with Gasteiger partial charge in [0.25, 0.3) is 0 Å². The molecule has 0 fully saturated rings. The molecular weight excluding hydrogens is 312 g/mol. The van der Waals surface area contributed by atoms with Crippen molar-refractivity contribution in [3.8, 4) is 0 Å². The maximum absolute atomic E-state index is 11.8. The molecule has 104 valence electrons. The van der Waals surface area contributed by atoms with Crippen molar-refractivity contribution in [2.75, 3.05) is 5.32 Å². The van der Waals surface area contributed by atoms with E-state index in [0.29, 0.717) is 12.1 Å². The van der Waals surface area contributed by atoms with Crippen LogP contribution in [0, 0.1) is 5.92 Å². The van der Waals surface area contributed by atoms with Gasteiger partial charge in [-0.05, 0) is 34.0 Å². The number of hydrogen-bond donors (Lipinski definition) is 3. The lowest BCUT2D eigenvalue weighted by Crippen LogP contribution is -2.46. The van der Waals surface area contributed by atoms with Crippen molar-refractivity contribution in [3.05, 3.63) is 28.7 Å². The highest BCUT2D eigenvalue weighted by atomic mass is 79.9. The second kappa shape index (κ2) is 7.13. The molecule has 0 bridgehead atoms. The second-order valence-corrected chi connectivity index (χ2v) is 5.13. The molecule has 3 N–H and O–H groups in total. The number of anilines is 1. The molecule has 2 amide bonds. The van der Waals surface area contributed by atoms with Crippen LogP contribution >= 0.6 is 15.9 Å². The number of para-hydroxylation sites is 1. The highest BCUT2D eigenvalue weighted by Gasteiger charge is 2.25. The highest BCUT2D eigenvalue weighted by Crippen LogP contribution is 2.21. The van der Waals surface area contributed by atoms with E-state index in [1.54, 1.807) is 25.1 Å². The standard InChI is InChI=1S/C13H17BrN2O3/c1-3-8(2)11(12(17)18)16-13(19)15-10-7-5-4-6-9(10)14/h4-8,11H,3H2,1-2H3,(H,17,18)(H2,15,16,19). The number of carbonyl (C=O) groups is 2. The minimum absolute atomic E-state index is 0.137. The van der Waals surface area contributed by atoms with E-state index in [1.807, 2.05) is 13.0 Å². The van der Waals surface area contributed by atoms with E-state index in [1.165, 1.54) is 0 Å². The summed E-state index contributed by atoms with van der Waals surface area (Å²) in [6.45, 7) is 3.67. The summed E-state index contributed by atoms with van der Waals surface area (Å²) in [4.78, 5) is 22.9. The van der Waals surface area contributed by atoms with E-state index in [9.17, 15) is 9.59 Å². The lowest BCUT2D eigenvalue weighted by Gasteiger charge is -2.20. The Morgan fingerprint density at radius 2 is 2.00 bits per heavy atom. The summed E-state index contributed by atoms with van der Waals surface area (Å²) in [6, 6.07) is 5.70. The summed E-state index contributed by atoms with van der Waals surface area (Å²) in [5.74, 6) is -1.17. The fourth-order valence-corrected chi connectivity index (χ4v) is 1.93. The van der Waals surface area contributed by atoms with Crippen molar-refractivity contribution in [2.24, 2.45) is 5.92 Å². The Morgan fingerprint density at radius 3 is 2.53 bits per heavy atom. The van der Waals surface area contributed by atoms with Crippen molar-refractivity contribution >= 4 is 33.6 Å². The Kier molecular flexibility index (Phi) is 5.82. The van der Waals surface area contributed by atoms with Crippen LogP contribution < -0.4 is 10.6 Å². The summed E-state index contributed by atoms with van der Waals surface area (Å²) in [6.07, 6.45) is 0.673. The lowest BCUT2D eigenvalue weighted by atomic mass is 9.99. The van der Waals surface area contributed by atoms with Crippen LogP contribution in [-0.2, 0) is 4.79 Å². The first-order chi connectivity index (χ1) is 8.95. The van der Waals surface area contributed by atoms with Crippen LogP contribution in [0.4, 0.5) is 10.5 Å². The van der Waals surface area contributed by atoms with Crippen molar-refractivity contribution in [1.82, 2.24) is 5.32 Å². The van der Waals surface area contributed by atoms with Gasteiger partial charge in [0.15, 0.2) is 0 Å². The van der Waals surface area contributed by atoms with Crippen molar-refractivity contribution in [2.45, 2.75) is 26.3 Å². The van der Waals surface area contributed by atoms with Crippen LogP contribution in [0.25, 0.3) is 0 Å². The molecule has 19 heavy (non-hydrogen) atoms. The number of halogens is 1. The van der Waals surface area contributed by atoms with Crippen LogP contribution in [-0.4, -0.2) is 23.1 Å². The van der Waals surface area contributed by atoms with Gasteiger partial charge >= 0.3 is 12.0 Å². The molecule has 5 nitrogen and oxygen atoms in total. The Bertz CT molecular complexity index is 465. The average Bonchev–Trinajstić information content (AvgIpc) is 2.37. The van der Waals surface area contributed by atoms with Gasteiger partial charge in [0, 0.05) is 4.47 Å². The largest absolute Gasteiger partial charge is 0.480 e. The van der Waals surface area contributed by atoms with Gasteiger partial charge < -0.3 is 15.7 Å². The molecule has 0 aliphatic heterocycles. The molecule has 0 saturated carbocycles. The topological polar surface area (TPSA) is 78.4 Å². The summed E-state index contributed by atoms with van der Waals surface area (Å²) in [5, 5.41) is 14.2. The predicted molar refractivity (Wildman–Crippen MR) is 77.2 cm³/mol. The minimum Gasteiger partial charge on any atom is -0.480 e. The van der Waals surface area contributed by atoms with Crippen LogP contribution in [0.1, 0.15) is 20.3 Å². The molecule has 1 aromatic carbocycles. The third-order valence-electron chi connectivity index (χ3n) is 2.89. The molecule has 6 heteroatoms. The number of urea groups is 1. The maximum Gasteiger partial charge on any atom is 0.326 e. The lowest BCUT2D eigenvalue weighted by molar-refractivity contribution is -0.140. The first kappa shape index (κ1) is 15.5. The Labute approximate surface area is 120 Å². The number of rotatable bonds is 5. The summed E-state index contributed by atoms with van der Waals surface area (Å²) in [7, 11) is 0. The van der Waals surface area contributed by atoms with Gasteiger partial charge in [-0.3, -0.25) is 0 Å². The molecule has 0 saturated heterocycles. The molecule has 0 spiro atoms. The van der Waals surface area contributed by atoms with Crippen LogP contribution in [0.15, 0.2) is 28.7 Å². The number of hydrogen-bond acceptors (Lipinski definition) is 2. The zero-order valence-electron chi connectivity index (χ0n) is 10.8. The van der Waals surface area contributed by atoms with E-state index >= 15 is 0 Å². The molecule has 1 rings (SSSR count). The van der Waals surface area contributed by atoms with Crippen LogP contribution in [0.3, 0.4) is 0 Å². The van der Waals surface area contributed by atoms with E-state index < -0.39 is 18.0 Å². The number of amides is 2. The van der Waals surface area contributed by atoms with Gasteiger partial charge in [0.1, 0.15) is 6.04 Å². The smallest absolute Gasteiger partial charge is 0.326 e. The molecule has 0 heterocycles. The Morgan fingerprint density at radius 1 is 1.37 bits per heavy atom. The minimum atomic E-state index is -1.03. The second-order valence-electron chi connectivity index (χ2n) is 4.28. The van der Waals surface area contributed by atoms with Crippen molar-refractivity contribution in [3.63, 3.8) is 0 Å². The maximum atomic E-state index is 11.8. The van der Waals surface area contributed by atoms with Crippen LogP contribution in [0.5, 0.6) is 0 Å². The van der Waals surface area contributed by atoms with Gasteiger partial charge in [-0.1, -0.05) is 32.4 Å². The summed E-state index contributed by atoms with van der Waals surface area (Å²) >= 11 is 3.30. The van der Waals surface area contributed by atoms with Gasteiger partial charge in [0.05, 0.1) is 5.69 Å². The normalized spacial score (nSPS) is 13.4. The number of carbonyl (C=O) groups excluding carboxylic acids is 1.